The fraction of sp³-hybridized carbons (Fsp3) is 0.250. The molecule has 2 rings (SSSR count). The Morgan fingerprint density at radius 3 is 2.35 bits per heavy atom. The van der Waals surface area contributed by atoms with Crippen molar-refractivity contribution >= 4 is 0 Å². The second kappa shape index (κ2) is 4.72. The van der Waals surface area contributed by atoms with Crippen molar-refractivity contribution < 1.29 is 0 Å². The van der Waals surface area contributed by atoms with Gasteiger partial charge in [0.05, 0.1) is 6.04 Å². The van der Waals surface area contributed by atoms with Crippen LogP contribution in [-0.2, 0) is 0 Å². The van der Waals surface area contributed by atoms with E-state index in [9.17, 15) is 0 Å². The van der Waals surface area contributed by atoms with Gasteiger partial charge in [-0.2, -0.15) is 0 Å². The minimum Gasteiger partial charge on any atom is -0.320 e. The van der Waals surface area contributed by atoms with Crippen LogP contribution in [0.2, 0.25) is 0 Å². The van der Waals surface area contributed by atoms with Crippen molar-refractivity contribution in [1.29, 1.82) is 0 Å². The molecule has 1 unspecified atom stereocenters. The minimum absolute atomic E-state index is 0.0326. The highest BCUT2D eigenvalue weighted by molar-refractivity contribution is 5.40. The van der Waals surface area contributed by atoms with Crippen LogP contribution in [0.15, 0.2) is 42.5 Å². The van der Waals surface area contributed by atoms with Crippen molar-refractivity contribution in [3.8, 4) is 0 Å². The summed E-state index contributed by atoms with van der Waals surface area (Å²) in [5.74, 6) is 0. The normalized spacial score (nSPS) is 12.5. The second-order valence-electron chi connectivity index (χ2n) is 4.68. The summed E-state index contributed by atoms with van der Waals surface area (Å²) in [6, 6.07) is 14.7. The summed E-state index contributed by atoms with van der Waals surface area (Å²) in [5.41, 5.74) is 12.6. The molecule has 0 amide bonds. The summed E-state index contributed by atoms with van der Waals surface area (Å²) in [6.07, 6.45) is 0. The Bertz CT molecular complexity index is 529. The zero-order chi connectivity index (χ0) is 12.4. The molecule has 0 bridgehead atoms. The van der Waals surface area contributed by atoms with Crippen LogP contribution in [-0.4, -0.2) is 0 Å². The molecule has 0 spiro atoms. The van der Waals surface area contributed by atoms with Crippen LogP contribution in [0.25, 0.3) is 0 Å². The third-order valence-corrected chi connectivity index (χ3v) is 3.38. The molecule has 0 saturated carbocycles. The number of hydrogen-bond donors (Lipinski definition) is 1. The Labute approximate surface area is 103 Å². The average molecular weight is 225 g/mol. The van der Waals surface area contributed by atoms with Gasteiger partial charge in [-0.3, -0.25) is 0 Å². The first kappa shape index (κ1) is 11.9. The zero-order valence-electron chi connectivity index (χ0n) is 10.7. The van der Waals surface area contributed by atoms with Crippen LogP contribution in [0.5, 0.6) is 0 Å². The monoisotopic (exact) mass is 225 g/mol. The molecule has 2 aromatic carbocycles. The Hall–Kier alpha value is -1.60. The van der Waals surface area contributed by atoms with Crippen LogP contribution in [0.3, 0.4) is 0 Å². The number of aryl methyl sites for hydroxylation is 2. The SMILES string of the molecule is Cc1cccc(C(N)c2cccc(C)c2C)c1. The zero-order valence-corrected chi connectivity index (χ0v) is 10.7. The van der Waals surface area contributed by atoms with Gasteiger partial charge < -0.3 is 5.73 Å². The Morgan fingerprint density at radius 1 is 0.941 bits per heavy atom. The largest absolute Gasteiger partial charge is 0.320 e. The van der Waals surface area contributed by atoms with Gasteiger partial charge in [0, 0.05) is 0 Å². The van der Waals surface area contributed by atoms with E-state index in [1.807, 2.05) is 0 Å². The lowest BCUT2D eigenvalue weighted by Gasteiger charge is -2.17. The minimum atomic E-state index is -0.0326. The maximum atomic E-state index is 6.35. The van der Waals surface area contributed by atoms with E-state index in [1.54, 1.807) is 0 Å². The van der Waals surface area contributed by atoms with E-state index in [2.05, 4.69) is 63.2 Å². The van der Waals surface area contributed by atoms with Gasteiger partial charge >= 0.3 is 0 Å². The van der Waals surface area contributed by atoms with E-state index >= 15 is 0 Å². The summed E-state index contributed by atoms with van der Waals surface area (Å²) >= 11 is 0. The molecule has 1 atom stereocenters. The molecule has 2 aromatic rings. The lowest BCUT2D eigenvalue weighted by Crippen LogP contribution is -2.13. The van der Waals surface area contributed by atoms with E-state index in [0.29, 0.717) is 0 Å². The van der Waals surface area contributed by atoms with Crippen LogP contribution >= 0.6 is 0 Å². The molecule has 0 aromatic heterocycles. The molecule has 1 heteroatoms. The molecular weight excluding hydrogens is 206 g/mol. The van der Waals surface area contributed by atoms with Crippen LogP contribution in [0.4, 0.5) is 0 Å². The van der Waals surface area contributed by atoms with Crippen LogP contribution < -0.4 is 5.73 Å². The summed E-state index contributed by atoms with van der Waals surface area (Å²) in [4.78, 5) is 0. The first-order valence-corrected chi connectivity index (χ1v) is 5.98. The number of rotatable bonds is 2. The van der Waals surface area contributed by atoms with Crippen molar-refractivity contribution in [2.75, 3.05) is 0 Å². The highest BCUT2D eigenvalue weighted by Crippen LogP contribution is 2.24. The Balaban J connectivity index is 2.44. The molecule has 0 fully saturated rings. The van der Waals surface area contributed by atoms with Gasteiger partial charge in [0.1, 0.15) is 0 Å². The van der Waals surface area contributed by atoms with Gasteiger partial charge in [-0.25, -0.2) is 0 Å². The molecule has 88 valence electrons. The first-order valence-electron chi connectivity index (χ1n) is 5.98. The highest BCUT2D eigenvalue weighted by atomic mass is 14.6. The quantitative estimate of drug-likeness (QED) is 0.829. The Kier molecular flexibility index (Phi) is 3.30. The fourth-order valence-electron chi connectivity index (χ4n) is 2.15. The van der Waals surface area contributed by atoms with E-state index in [0.717, 1.165) is 0 Å². The maximum absolute atomic E-state index is 6.35. The van der Waals surface area contributed by atoms with E-state index in [4.69, 9.17) is 5.73 Å². The van der Waals surface area contributed by atoms with Gasteiger partial charge in [-0.05, 0) is 43.0 Å². The maximum Gasteiger partial charge on any atom is 0.0554 e. The topological polar surface area (TPSA) is 26.0 Å². The number of benzene rings is 2. The van der Waals surface area contributed by atoms with Gasteiger partial charge in [-0.1, -0.05) is 48.0 Å². The summed E-state index contributed by atoms with van der Waals surface area (Å²) in [7, 11) is 0. The molecule has 0 saturated heterocycles. The molecule has 0 heterocycles. The lowest BCUT2D eigenvalue weighted by molar-refractivity contribution is 0.857. The molecule has 0 radical (unpaired) electrons. The first-order chi connectivity index (χ1) is 8.09. The lowest BCUT2D eigenvalue weighted by atomic mass is 9.93. The number of nitrogens with two attached hydrogens (primary N) is 1. The predicted octanol–water partition coefficient (Wildman–Crippen LogP) is 3.66. The second-order valence-corrected chi connectivity index (χ2v) is 4.68. The highest BCUT2D eigenvalue weighted by Gasteiger charge is 2.12. The molecule has 2 N–H and O–H groups in total. The standard InChI is InChI=1S/C16H19N/c1-11-6-4-8-14(10-11)16(17)15-9-5-7-12(2)13(15)3/h4-10,16H,17H2,1-3H3. The third kappa shape index (κ3) is 2.40. The van der Waals surface area contributed by atoms with Crippen molar-refractivity contribution in [1.82, 2.24) is 0 Å². The van der Waals surface area contributed by atoms with Crippen LogP contribution in [0, 0.1) is 20.8 Å². The molecule has 1 nitrogen and oxygen atoms in total. The van der Waals surface area contributed by atoms with Crippen molar-refractivity contribution in [3.05, 3.63) is 70.3 Å². The fourth-order valence-corrected chi connectivity index (χ4v) is 2.15. The smallest absolute Gasteiger partial charge is 0.0554 e. The van der Waals surface area contributed by atoms with Crippen molar-refractivity contribution in [2.24, 2.45) is 5.73 Å². The van der Waals surface area contributed by atoms with Gasteiger partial charge in [0.2, 0.25) is 0 Å². The molecule has 0 aliphatic heterocycles. The van der Waals surface area contributed by atoms with E-state index in [1.165, 1.54) is 27.8 Å². The van der Waals surface area contributed by atoms with Gasteiger partial charge in [0.15, 0.2) is 0 Å². The summed E-state index contributed by atoms with van der Waals surface area (Å²) in [6.45, 7) is 6.36. The molecule has 0 aliphatic carbocycles. The van der Waals surface area contributed by atoms with Gasteiger partial charge in [-0.15, -0.1) is 0 Å². The van der Waals surface area contributed by atoms with Gasteiger partial charge in [0.25, 0.3) is 0 Å². The van der Waals surface area contributed by atoms with Crippen molar-refractivity contribution in [3.63, 3.8) is 0 Å². The third-order valence-electron chi connectivity index (χ3n) is 3.38. The predicted molar refractivity (Wildman–Crippen MR) is 73.1 cm³/mol. The molecule has 0 aliphatic rings. The summed E-state index contributed by atoms with van der Waals surface area (Å²) < 4.78 is 0. The molecule has 17 heavy (non-hydrogen) atoms. The van der Waals surface area contributed by atoms with Crippen LogP contribution in [0.1, 0.15) is 33.9 Å². The Morgan fingerprint density at radius 2 is 1.65 bits per heavy atom. The molecular formula is C16H19N. The van der Waals surface area contributed by atoms with E-state index < -0.39 is 0 Å². The average Bonchev–Trinajstić information content (AvgIpc) is 2.32. The van der Waals surface area contributed by atoms with E-state index in [-0.39, 0.29) is 6.04 Å². The number of hydrogen-bond acceptors (Lipinski definition) is 1. The van der Waals surface area contributed by atoms with Crippen molar-refractivity contribution in [2.45, 2.75) is 26.8 Å². The summed E-state index contributed by atoms with van der Waals surface area (Å²) in [5, 5.41) is 0.